The molecule has 0 saturated heterocycles. The van der Waals surface area contributed by atoms with Crippen LogP contribution in [0.1, 0.15) is 29.8 Å². The lowest BCUT2D eigenvalue weighted by molar-refractivity contribution is 0.179. The summed E-state index contributed by atoms with van der Waals surface area (Å²) in [5.74, 6) is 0.660. The minimum absolute atomic E-state index is 0.289. The zero-order valence-electron chi connectivity index (χ0n) is 10.3. The fourth-order valence-electron chi connectivity index (χ4n) is 3.05. The molecule has 0 spiro atoms. The van der Waals surface area contributed by atoms with Crippen LogP contribution in [0.3, 0.4) is 0 Å². The van der Waals surface area contributed by atoms with Crippen molar-refractivity contribution >= 4 is 11.3 Å². The van der Waals surface area contributed by atoms with E-state index in [0.717, 1.165) is 6.42 Å². The molecule has 2 nitrogen and oxygen atoms in total. The second-order valence-corrected chi connectivity index (χ2v) is 6.27. The Morgan fingerprint density at radius 1 is 1.47 bits per heavy atom. The standard InChI is InChI=1S/C14H20N2S/c1-10-13-5-7-17-14(13)4-6-16(10)9-11-2-3-12(15)8-11/h2-3,5,7,10-12H,4,6,8-9,15H2,1H3. The minimum Gasteiger partial charge on any atom is -0.324 e. The first-order chi connectivity index (χ1) is 8.24. The molecule has 2 aliphatic rings. The highest BCUT2D eigenvalue weighted by atomic mass is 32.1. The van der Waals surface area contributed by atoms with Gasteiger partial charge in [-0.05, 0) is 42.7 Å². The quantitative estimate of drug-likeness (QED) is 0.815. The van der Waals surface area contributed by atoms with Gasteiger partial charge < -0.3 is 5.73 Å². The molecule has 0 bridgehead atoms. The molecule has 2 heterocycles. The Morgan fingerprint density at radius 3 is 3.12 bits per heavy atom. The van der Waals surface area contributed by atoms with Crippen molar-refractivity contribution < 1.29 is 0 Å². The Bertz CT molecular complexity index is 424. The molecule has 3 heteroatoms. The molecule has 92 valence electrons. The van der Waals surface area contributed by atoms with Crippen LogP contribution in [0.25, 0.3) is 0 Å². The van der Waals surface area contributed by atoms with Crippen molar-refractivity contribution in [3.05, 3.63) is 34.0 Å². The van der Waals surface area contributed by atoms with Crippen molar-refractivity contribution in [3.8, 4) is 0 Å². The van der Waals surface area contributed by atoms with Gasteiger partial charge in [0.15, 0.2) is 0 Å². The summed E-state index contributed by atoms with van der Waals surface area (Å²) in [5.41, 5.74) is 7.47. The molecular formula is C14H20N2S. The lowest BCUT2D eigenvalue weighted by Crippen LogP contribution is -2.36. The van der Waals surface area contributed by atoms with E-state index in [4.69, 9.17) is 5.73 Å². The molecule has 1 aliphatic heterocycles. The summed E-state index contributed by atoms with van der Waals surface area (Å²) >= 11 is 1.91. The van der Waals surface area contributed by atoms with E-state index in [-0.39, 0.29) is 6.04 Å². The molecule has 0 aromatic carbocycles. The highest BCUT2D eigenvalue weighted by molar-refractivity contribution is 7.10. The molecule has 1 aromatic heterocycles. The predicted molar refractivity (Wildman–Crippen MR) is 73.2 cm³/mol. The van der Waals surface area contributed by atoms with Crippen LogP contribution < -0.4 is 5.73 Å². The average molecular weight is 248 g/mol. The van der Waals surface area contributed by atoms with E-state index in [9.17, 15) is 0 Å². The summed E-state index contributed by atoms with van der Waals surface area (Å²) in [6, 6.07) is 3.17. The van der Waals surface area contributed by atoms with Crippen molar-refractivity contribution in [1.82, 2.24) is 4.90 Å². The summed E-state index contributed by atoms with van der Waals surface area (Å²) in [7, 11) is 0. The Hall–Kier alpha value is -0.640. The number of hydrogen-bond acceptors (Lipinski definition) is 3. The van der Waals surface area contributed by atoms with E-state index >= 15 is 0 Å². The molecule has 17 heavy (non-hydrogen) atoms. The maximum atomic E-state index is 5.92. The molecular weight excluding hydrogens is 228 g/mol. The molecule has 3 rings (SSSR count). The van der Waals surface area contributed by atoms with Crippen LogP contribution in [0.4, 0.5) is 0 Å². The lowest BCUT2D eigenvalue weighted by Gasteiger charge is -2.35. The molecule has 1 aliphatic carbocycles. The molecule has 1 aromatic rings. The van der Waals surface area contributed by atoms with Gasteiger partial charge in [0.05, 0.1) is 0 Å². The van der Waals surface area contributed by atoms with Gasteiger partial charge in [-0.15, -0.1) is 11.3 Å². The third kappa shape index (κ3) is 2.19. The van der Waals surface area contributed by atoms with Crippen molar-refractivity contribution in [2.75, 3.05) is 13.1 Å². The normalized spacial score (nSPS) is 32.9. The van der Waals surface area contributed by atoms with Crippen molar-refractivity contribution in [2.45, 2.75) is 31.8 Å². The number of fused-ring (bicyclic) bond motifs is 1. The number of nitrogens with two attached hydrogens (primary N) is 1. The number of rotatable bonds is 2. The van der Waals surface area contributed by atoms with Crippen LogP contribution in [0.15, 0.2) is 23.6 Å². The van der Waals surface area contributed by atoms with Crippen LogP contribution in [-0.2, 0) is 6.42 Å². The largest absolute Gasteiger partial charge is 0.324 e. The van der Waals surface area contributed by atoms with Crippen LogP contribution >= 0.6 is 11.3 Å². The summed E-state index contributed by atoms with van der Waals surface area (Å²) in [6.07, 6.45) is 6.81. The van der Waals surface area contributed by atoms with Gasteiger partial charge in [-0.1, -0.05) is 12.2 Å². The van der Waals surface area contributed by atoms with Gasteiger partial charge >= 0.3 is 0 Å². The van der Waals surface area contributed by atoms with E-state index in [0.29, 0.717) is 12.0 Å². The monoisotopic (exact) mass is 248 g/mol. The van der Waals surface area contributed by atoms with Gasteiger partial charge in [-0.2, -0.15) is 0 Å². The van der Waals surface area contributed by atoms with Crippen LogP contribution in [0.5, 0.6) is 0 Å². The molecule has 3 atom stereocenters. The molecule has 0 amide bonds. The van der Waals surface area contributed by atoms with Gasteiger partial charge in [-0.3, -0.25) is 4.90 Å². The van der Waals surface area contributed by atoms with E-state index in [1.165, 1.54) is 19.5 Å². The van der Waals surface area contributed by atoms with Gasteiger partial charge in [0.1, 0.15) is 0 Å². The van der Waals surface area contributed by atoms with Crippen LogP contribution in [-0.4, -0.2) is 24.0 Å². The number of hydrogen-bond donors (Lipinski definition) is 1. The zero-order chi connectivity index (χ0) is 11.8. The van der Waals surface area contributed by atoms with Crippen molar-refractivity contribution in [2.24, 2.45) is 11.7 Å². The Kier molecular flexibility index (Phi) is 3.07. The zero-order valence-corrected chi connectivity index (χ0v) is 11.1. The average Bonchev–Trinajstić information content (AvgIpc) is 2.92. The van der Waals surface area contributed by atoms with Gasteiger partial charge in [0, 0.05) is 30.1 Å². The number of thiophene rings is 1. The Morgan fingerprint density at radius 2 is 2.35 bits per heavy atom. The van der Waals surface area contributed by atoms with E-state index < -0.39 is 0 Å². The first-order valence-electron chi connectivity index (χ1n) is 6.48. The first kappa shape index (κ1) is 11.5. The van der Waals surface area contributed by atoms with Crippen molar-refractivity contribution in [3.63, 3.8) is 0 Å². The summed E-state index contributed by atoms with van der Waals surface area (Å²) in [5, 5.41) is 2.23. The third-order valence-electron chi connectivity index (χ3n) is 4.08. The van der Waals surface area contributed by atoms with E-state index in [1.807, 2.05) is 11.3 Å². The van der Waals surface area contributed by atoms with Crippen molar-refractivity contribution in [1.29, 1.82) is 0 Å². The van der Waals surface area contributed by atoms with Gasteiger partial charge in [0.25, 0.3) is 0 Å². The maximum absolute atomic E-state index is 5.92. The van der Waals surface area contributed by atoms with Gasteiger partial charge in [-0.25, -0.2) is 0 Å². The minimum atomic E-state index is 0.289. The van der Waals surface area contributed by atoms with Gasteiger partial charge in [0.2, 0.25) is 0 Å². The number of nitrogens with zero attached hydrogens (tertiary/aromatic N) is 1. The highest BCUT2D eigenvalue weighted by Gasteiger charge is 2.27. The first-order valence-corrected chi connectivity index (χ1v) is 7.36. The lowest BCUT2D eigenvalue weighted by atomic mass is 9.99. The molecule has 3 unspecified atom stereocenters. The summed E-state index contributed by atoms with van der Waals surface area (Å²) in [4.78, 5) is 4.20. The highest BCUT2D eigenvalue weighted by Crippen LogP contribution is 2.34. The predicted octanol–water partition coefficient (Wildman–Crippen LogP) is 2.57. The molecule has 0 fully saturated rings. The fraction of sp³-hybridized carbons (Fsp3) is 0.571. The molecule has 2 N–H and O–H groups in total. The smallest absolute Gasteiger partial charge is 0.0331 e. The summed E-state index contributed by atoms with van der Waals surface area (Å²) < 4.78 is 0. The maximum Gasteiger partial charge on any atom is 0.0331 e. The fourth-order valence-corrected chi connectivity index (χ4v) is 4.02. The third-order valence-corrected chi connectivity index (χ3v) is 5.07. The summed E-state index contributed by atoms with van der Waals surface area (Å²) in [6.45, 7) is 4.71. The van der Waals surface area contributed by atoms with Crippen LogP contribution in [0.2, 0.25) is 0 Å². The van der Waals surface area contributed by atoms with E-state index in [2.05, 4.69) is 35.4 Å². The molecule has 0 saturated carbocycles. The second-order valence-electron chi connectivity index (χ2n) is 5.26. The second kappa shape index (κ2) is 4.56. The van der Waals surface area contributed by atoms with E-state index in [1.54, 1.807) is 10.4 Å². The Labute approximate surface area is 107 Å². The topological polar surface area (TPSA) is 29.3 Å². The Balaban J connectivity index is 1.68. The van der Waals surface area contributed by atoms with Crippen LogP contribution in [0, 0.1) is 5.92 Å². The molecule has 0 radical (unpaired) electrons. The SMILES string of the molecule is CC1c2ccsc2CCN1CC1C=CC(N)C1.